The van der Waals surface area contributed by atoms with Gasteiger partial charge < -0.3 is 10.6 Å². The summed E-state index contributed by atoms with van der Waals surface area (Å²) in [4.78, 5) is 14.3. The van der Waals surface area contributed by atoms with Crippen molar-refractivity contribution in [3.63, 3.8) is 0 Å². The maximum absolute atomic E-state index is 12.5. The lowest BCUT2D eigenvalue weighted by atomic mass is 10.2. The lowest BCUT2D eigenvalue weighted by molar-refractivity contribution is 0.0791. The number of nitrogens with two attached hydrogens (primary N) is 1. The molecule has 0 saturated carbocycles. The van der Waals surface area contributed by atoms with Crippen LogP contribution in [0.5, 0.6) is 0 Å². The molecule has 2 N–H and O–H groups in total. The van der Waals surface area contributed by atoms with Crippen molar-refractivity contribution in [2.75, 3.05) is 13.1 Å². The summed E-state index contributed by atoms with van der Waals surface area (Å²) in [6, 6.07) is 15.2. The highest BCUT2D eigenvalue weighted by atomic mass is 35.5. The molecular weight excluding hydrogens is 360 g/mol. The Morgan fingerprint density at radius 1 is 1.08 bits per heavy atom. The number of likely N-dealkylation sites (tertiary alicyclic amines) is 1. The van der Waals surface area contributed by atoms with Gasteiger partial charge in [-0.25, -0.2) is 8.42 Å². The van der Waals surface area contributed by atoms with Crippen LogP contribution in [0, 0.1) is 0 Å². The zero-order valence-electron chi connectivity index (χ0n) is 13.7. The normalized spacial score (nSPS) is 17.2. The van der Waals surface area contributed by atoms with Gasteiger partial charge in [-0.1, -0.05) is 30.3 Å². The molecule has 3 rings (SSSR count). The first-order valence-corrected chi connectivity index (χ1v) is 9.52. The Kier molecular flexibility index (Phi) is 6.21. The summed E-state index contributed by atoms with van der Waals surface area (Å²) < 4.78 is 24.9. The lowest BCUT2D eigenvalue weighted by Gasteiger charge is -2.16. The molecule has 134 valence electrons. The Hall–Kier alpha value is -1.89. The van der Waals surface area contributed by atoms with E-state index in [0.717, 1.165) is 12.0 Å². The smallest absolute Gasteiger partial charge is 0.253 e. The van der Waals surface area contributed by atoms with Crippen LogP contribution < -0.4 is 5.73 Å². The zero-order chi connectivity index (χ0) is 17.2. The van der Waals surface area contributed by atoms with Crippen molar-refractivity contribution in [1.29, 1.82) is 0 Å². The Morgan fingerprint density at radius 2 is 1.72 bits per heavy atom. The summed E-state index contributed by atoms with van der Waals surface area (Å²) in [7, 11) is -3.43. The van der Waals surface area contributed by atoms with E-state index in [9.17, 15) is 13.2 Å². The van der Waals surface area contributed by atoms with E-state index in [1.807, 2.05) is 18.2 Å². The molecule has 1 fully saturated rings. The van der Waals surface area contributed by atoms with Gasteiger partial charge in [-0.15, -0.1) is 12.4 Å². The lowest BCUT2D eigenvalue weighted by Crippen LogP contribution is -2.31. The van der Waals surface area contributed by atoms with Gasteiger partial charge in [-0.3, -0.25) is 4.79 Å². The van der Waals surface area contributed by atoms with Crippen molar-refractivity contribution in [2.24, 2.45) is 5.73 Å². The molecule has 2 aromatic rings. The fraction of sp³-hybridized carbons (Fsp3) is 0.278. The van der Waals surface area contributed by atoms with Crippen LogP contribution in [0.4, 0.5) is 0 Å². The number of hydrogen-bond donors (Lipinski definition) is 1. The SMILES string of the molecule is Cl.N[C@H]1CCN(C(=O)c2ccc(S(=O)(=O)Cc3ccccc3)cc2)C1. The largest absolute Gasteiger partial charge is 0.337 e. The van der Waals surface area contributed by atoms with Crippen LogP contribution in [-0.2, 0) is 15.6 Å². The Bertz CT molecular complexity index is 823. The summed E-state index contributed by atoms with van der Waals surface area (Å²) in [5.74, 6) is -0.155. The van der Waals surface area contributed by atoms with Crippen LogP contribution in [0.1, 0.15) is 22.3 Å². The van der Waals surface area contributed by atoms with Gasteiger partial charge in [0.1, 0.15) is 0 Å². The molecule has 1 saturated heterocycles. The molecule has 0 bridgehead atoms. The summed E-state index contributed by atoms with van der Waals surface area (Å²) in [6.45, 7) is 1.20. The van der Waals surface area contributed by atoms with Gasteiger partial charge in [0.25, 0.3) is 5.91 Å². The van der Waals surface area contributed by atoms with Crippen LogP contribution in [0.25, 0.3) is 0 Å². The highest BCUT2D eigenvalue weighted by molar-refractivity contribution is 7.90. The zero-order valence-corrected chi connectivity index (χ0v) is 15.3. The highest BCUT2D eigenvalue weighted by Crippen LogP contribution is 2.19. The molecule has 0 radical (unpaired) electrons. The van der Waals surface area contributed by atoms with Crippen LogP contribution in [0.2, 0.25) is 0 Å². The van der Waals surface area contributed by atoms with Gasteiger partial charge in [-0.2, -0.15) is 0 Å². The molecule has 0 aromatic heterocycles. The third-order valence-corrected chi connectivity index (χ3v) is 5.88. The number of rotatable bonds is 4. The Balaban J connectivity index is 0.00000225. The van der Waals surface area contributed by atoms with E-state index < -0.39 is 9.84 Å². The summed E-state index contributed by atoms with van der Waals surface area (Å²) in [6.07, 6.45) is 0.801. The van der Waals surface area contributed by atoms with Crippen molar-refractivity contribution >= 4 is 28.2 Å². The fourth-order valence-electron chi connectivity index (χ4n) is 2.84. The molecule has 1 aliphatic rings. The quantitative estimate of drug-likeness (QED) is 0.882. The number of amides is 1. The second-order valence-corrected chi connectivity index (χ2v) is 8.06. The first kappa shape index (κ1) is 19.4. The first-order valence-electron chi connectivity index (χ1n) is 7.87. The molecule has 5 nitrogen and oxygen atoms in total. The number of carbonyl (C=O) groups is 1. The maximum Gasteiger partial charge on any atom is 0.253 e. The van der Waals surface area contributed by atoms with Crippen LogP contribution >= 0.6 is 12.4 Å². The molecule has 25 heavy (non-hydrogen) atoms. The molecule has 1 heterocycles. The van der Waals surface area contributed by atoms with E-state index >= 15 is 0 Å². The topological polar surface area (TPSA) is 80.5 Å². The highest BCUT2D eigenvalue weighted by Gasteiger charge is 2.25. The number of nitrogens with zero attached hydrogens (tertiary/aromatic N) is 1. The number of hydrogen-bond acceptors (Lipinski definition) is 4. The molecule has 1 atom stereocenters. The average Bonchev–Trinajstić information content (AvgIpc) is 3.01. The molecule has 1 aliphatic heterocycles. The number of halogens is 1. The number of carbonyl (C=O) groups excluding carboxylic acids is 1. The summed E-state index contributed by atoms with van der Waals surface area (Å²) >= 11 is 0. The van der Waals surface area contributed by atoms with E-state index in [0.29, 0.717) is 18.7 Å². The van der Waals surface area contributed by atoms with Crippen molar-refractivity contribution < 1.29 is 13.2 Å². The molecular formula is C18H21ClN2O3S. The van der Waals surface area contributed by atoms with Gasteiger partial charge >= 0.3 is 0 Å². The van der Waals surface area contributed by atoms with Gasteiger partial charge in [0.2, 0.25) is 0 Å². The van der Waals surface area contributed by atoms with Gasteiger partial charge in [0.15, 0.2) is 9.84 Å². The van der Waals surface area contributed by atoms with E-state index in [2.05, 4.69) is 0 Å². The number of benzene rings is 2. The van der Waals surface area contributed by atoms with E-state index in [-0.39, 0.29) is 35.0 Å². The molecule has 0 aliphatic carbocycles. The third-order valence-electron chi connectivity index (χ3n) is 4.17. The summed E-state index contributed by atoms with van der Waals surface area (Å²) in [5.41, 5.74) is 7.05. The van der Waals surface area contributed by atoms with Gasteiger partial charge in [0.05, 0.1) is 10.6 Å². The minimum atomic E-state index is -3.43. The van der Waals surface area contributed by atoms with Crippen molar-refractivity contribution in [3.05, 3.63) is 65.7 Å². The molecule has 0 unspecified atom stereocenters. The Labute approximate surface area is 154 Å². The standard InChI is InChI=1S/C18H20N2O3S.ClH/c19-16-10-11-20(12-16)18(21)15-6-8-17(9-7-15)24(22,23)13-14-4-2-1-3-5-14;/h1-9,16H,10-13,19H2;1H/t16-;/m0./s1. The van der Waals surface area contributed by atoms with Crippen LogP contribution in [0.15, 0.2) is 59.5 Å². The average molecular weight is 381 g/mol. The van der Waals surface area contributed by atoms with Crippen molar-refractivity contribution in [3.8, 4) is 0 Å². The molecule has 2 aromatic carbocycles. The van der Waals surface area contributed by atoms with Crippen molar-refractivity contribution in [2.45, 2.75) is 23.1 Å². The second-order valence-electron chi connectivity index (χ2n) is 6.07. The first-order chi connectivity index (χ1) is 11.5. The van der Waals surface area contributed by atoms with E-state index in [1.165, 1.54) is 12.1 Å². The fourth-order valence-corrected chi connectivity index (χ4v) is 4.18. The van der Waals surface area contributed by atoms with Crippen molar-refractivity contribution in [1.82, 2.24) is 4.90 Å². The predicted octanol–water partition coefficient (Wildman–Crippen LogP) is 2.26. The monoisotopic (exact) mass is 380 g/mol. The van der Waals surface area contributed by atoms with E-state index in [1.54, 1.807) is 29.2 Å². The van der Waals surface area contributed by atoms with Crippen LogP contribution in [0.3, 0.4) is 0 Å². The van der Waals surface area contributed by atoms with Gasteiger partial charge in [-0.05, 0) is 36.2 Å². The maximum atomic E-state index is 12.5. The molecule has 1 amide bonds. The predicted molar refractivity (Wildman–Crippen MR) is 99.5 cm³/mol. The second kappa shape index (κ2) is 7.99. The molecule has 7 heteroatoms. The minimum Gasteiger partial charge on any atom is -0.337 e. The molecule has 0 spiro atoms. The minimum absolute atomic E-state index is 0. The number of sulfone groups is 1. The summed E-state index contributed by atoms with van der Waals surface area (Å²) in [5, 5.41) is 0. The Morgan fingerprint density at radius 3 is 2.28 bits per heavy atom. The van der Waals surface area contributed by atoms with E-state index in [4.69, 9.17) is 5.73 Å². The van der Waals surface area contributed by atoms with Crippen LogP contribution in [-0.4, -0.2) is 38.4 Å². The van der Waals surface area contributed by atoms with Gasteiger partial charge in [0, 0.05) is 24.7 Å². The third kappa shape index (κ3) is 4.60.